The monoisotopic (exact) mass is 405 g/mol. The first-order chi connectivity index (χ1) is 14.3. The van der Waals surface area contributed by atoms with E-state index in [-0.39, 0.29) is 17.6 Å². The number of aromatic nitrogens is 3. The molecule has 0 atom stereocenters. The fourth-order valence-corrected chi connectivity index (χ4v) is 2.99. The number of amides is 2. The summed E-state index contributed by atoms with van der Waals surface area (Å²) in [6, 6.07) is 14.9. The molecule has 0 aliphatic heterocycles. The van der Waals surface area contributed by atoms with Crippen LogP contribution < -0.4 is 10.6 Å². The van der Waals surface area contributed by atoms with Crippen molar-refractivity contribution in [3.8, 4) is 5.69 Å². The standard InChI is InChI=1S/C23H27N5O2/c1-14(2)19-8-6-7-9-20(19)28-16(5)24-21(27-28)23(30)26-18-12-10-17(11-13-18)25-22(29)15(3)4/h6-15H,1-5H3,(H,25,29)(H,26,30). The van der Waals surface area contributed by atoms with Crippen LogP contribution in [0.2, 0.25) is 0 Å². The first-order valence-corrected chi connectivity index (χ1v) is 10.0. The van der Waals surface area contributed by atoms with Crippen molar-refractivity contribution in [3.63, 3.8) is 0 Å². The van der Waals surface area contributed by atoms with Gasteiger partial charge in [0.15, 0.2) is 0 Å². The summed E-state index contributed by atoms with van der Waals surface area (Å²) >= 11 is 0. The molecular weight excluding hydrogens is 378 g/mol. The van der Waals surface area contributed by atoms with Crippen LogP contribution >= 0.6 is 0 Å². The highest BCUT2D eigenvalue weighted by Crippen LogP contribution is 2.23. The zero-order valence-electron chi connectivity index (χ0n) is 17.9. The zero-order chi connectivity index (χ0) is 21.8. The van der Waals surface area contributed by atoms with Crippen molar-refractivity contribution >= 4 is 23.2 Å². The molecule has 2 amide bonds. The highest BCUT2D eigenvalue weighted by molar-refractivity contribution is 6.01. The molecule has 0 bridgehead atoms. The third kappa shape index (κ3) is 4.74. The Morgan fingerprint density at radius 3 is 2.10 bits per heavy atom. The van der Waals surface area contributed by atoms with E-state index in [2.05, 4.69) is 40.6 Å². The van der Waals surface area contributed by atoms with Crippen molar-refractivity contribution < 1.29 is 9.59 Å². The Bertz CT molecular complexity index is 1050. The van der Waals surface area contributed by atoms with E-state index >= 15 is 0 Å². The van der Waals surface area contributed by atoms with Gasteiger partial charge in [0.25, 0.3) is 5.91 Å². The summed E-state index contributed by atoms with van der Waals surface area (Å²) in [5.74, 6) is 0.506. The second kappa shape index (κ2) is 8.90. The largest absolute Gasteiger partial charge is 0.326 e. The van der Waals surface area contributed by atoms with Gasteiger partial charge in [-0.05, 0) is 48.7 Å². The molecule has 0 spiro atoms. The van der Waals surface area contributed by atoms with E-state index in [1.165, 1.54) is 0 Å². The number of nitrogens with zero attached hydrogens (tertiary/aromatic N) is 3. The molecule has 1 heterocycles. The second-order valence-corrected chi connectivity index (χ2v) is 7.78. The average Bonchev–Trinajstić information content (AvgIpc) is 3.11. The first-order valence-electron chi connectivity index (χ1n) is 10.0. The molecule has 30 heavy (non-hydrogen) atoms. The van der Waals surface area contributed by atoms with Crippen LogP contribution in [0, 0.1) is 12.8 Å². The van der Waals surface area contributed by atoms with Gasteiger partial charge in [0.05, 0.1) is 5.69 Å². The van der Waals surface area contributed by atoms with Gasteiger partial charge < -0.3 is 10.6 Å². The quantitative estimate of drug-likeness (QED) is 0.630. The number of nitrogens with one attached hydrogen (secondary N) is 2. The number of anilines is 2. The Balaban J connectivity index is 1.76. The van der Waals surface area contributed by atoms with Gasteiger partial charge in [0.2, 0.25) is 11.7 Å². The maximum Gasteiger partial charge on any atom is 0.295 e. The third-order valence-corrected chi connectivity index (χ3v) is 4.69. The minimum Gasteiger partial charge on any atom is -0.326 e. The summed E-state index contributed by atoms with van der Waals surface area (Å²) in [5.41, 5.74) is 3.33. The maximum absolute atomic E-state index is 12.7. The van der Waals surface area contributed by atoms with Gasteiger partial charge in [-0.1, -0.05) is 45.9 Å². The van der Waals surface area contributed by atoms with Crippen LogP contribution in [0.25, 0.3) is 5.69 Å². The molecule has 1 aromatic heterocycles. The number of rotatable bonds is 6. The molecule has 0 aliphatic carbocycles. The smallest absolute Gasteiger partial charge is 0.295 e. The van der Waals surface area contributed by atoms with Crippen LogP contribution in [-0.4, -0.2) is 26.6 Å². The molecule has 3 rings (SSSR count). The molecule has 7 nitrogen and oxygen atoms in total. The summed E-state index contributed by atoms with van der Waals surface area (Å²) in [4.78, 5) is 28.8. The Morgan fingerprint density at radius 2 is 1.50 bits per heavy atom. The molecule has 3 aromatic rings. The normalized spacial score (nSPS) is 11.0. The Hall–Kier alpha value is -3.48. The van der Waals surface area contributed by atoms with Gasteiger partial charge >= 0.3 is 0 Å². The highest BCUT2D eigenvalue weighted by Gasteiger charge is 2.18. The van der Waals surface area contributed by atoms with Gasteiger partial charge in [-0.2, -0.15) is 0 Å². The summed E-state index contributed by atoms with van der Waals surface area (Å²) in [5, 5.41) is 10.1. The van der Waals surface area contributed by atoms with Crippen LogP contribution in [0.1, 0.15) is 55.6 Å². The molecule has 156 valence electrons. The molecule has 7 heteroatoms. The molecular formula is C23H27N5O2. The summed E-state index contributed by atoms with van der Waals surface area (Å²) in [7, 11) is 0. The van der Waals surface area contributed by atoms with Gasteiger partial charge in [0, 0.05) is 17.3 Å². The first kappa shape index (κ1) is 21.2. The molecule has 0 radical (unpaired) electrons. The van der Waals surface area contributed by atoms with Crippen LogP contribution in [0.3, 0.4) is 0 Å². The van der Waals surface area contributed by atoms with Gasteiger partial charge in [0.1, 0.15) is 5.82 Å². The third-order valence-electron chi connectivity index (χ3n) is 4.69. The number of hydrogen-bond donors (Lipinski definition) is 2. The van der Waals surface area contributed by atoms with Crippen molar-refractivity contribution in [2.75, 3.05) is 10.6 Å². The van der Waals surface area contributed by atoms with Crippen LogP contribution in [-0.2, 0) is 4.79 Å². The number of carbonyl (C=O) groups is 2. The van der Waals surface area contributed by atoms with Gasteiger partial charge in [-0.25, -0.2) is 9.67 Å². The van der Waals surface area contributed by atoms with Crippen LogP contribution in [0.4, 0.5) is 11.4 Å². The second-order valence-electron chi connectivity index (χ2n) is 7.78. The number of aryl methyl sites for hydroxylation is 1. The van der Waals surface area contributed by atoms with E-state index in [0.717, 1.165) is 11.3 Å². The van der Waals surface area contributed by atoms with E-state index in [0.29, 0.717) is 23.1 Å². The lowest BCUT2D eigenvalue weighted by atomic mass is 10.0. The van der Waals surface area contributed by atoms with Crippen LogP contribution in [0.15, 0.2) is 48.5 Å². The predicted octanol–water partition coefficient (Wildman–Crippen LogP) is 4.55. The lowest BCUT2D eigenvalue weighted by Crippen LogP contribution is -2.18. The SMILES string of the molecule is Cc1nc(C(=O)Nc2ccc(NC(=O)C(C)C)cc2)nn1-c1ccccc1C(C)C. The van der Waals surface area contributed by atoms with Crippen molar-refractivity contribution in [2.45, 2.75) is 40.5 Å². The average molecular weight is 406 g/mol. The zero-order valence-corrected chi connectivity index (χ0v) is 17.9. The molecule has 0 unspecified atom stereocenters. The topological polar surface area (TPSA) is 88.9 Å². The fourth-order valence-electron chi connectivity index (χ4n) is 2.99. The van der Waals surface area contributed by atoms with E-state index in [1.54, 1.807) is 28.9 Å². The number of para-hydroxylation sites is 1. The number of hydrogen-bond acceptors (Lipinski definition) is 4. The Kier molecular flexibility index (Phi) is 6.30. The van der Waals surface area contributed by atoms with E-state index in [4.69, 9.17) is 0 Å². The highest BCUT2D eigenvalue weighted by atomic mass is 16.2. The van der Waals surface area contributed by atoms with Gasteiger partial charge in [-0.15, -0.1) is 5.10 Å². The summed E-state index contributed by atoms with van der Waals surface area (Å²) < 4.78 is 1.70. The van der Waals surface area contributed by atoms with Crippen molar-refractivity contribution in [2.24, 2.45) is 5.92 Å². The van der Waals surface area contributed by atoms with Crippen molar-refractivity contribution in [1.29, 1.82) is 0 Å². The maximum atomic E-state index is 12.7. The minimum atomic E-state index is -0.391. The van der Waals surface area contributed by atoms with Gasteiger partial charge in [-0.3, -0.25) is 9.59 Å². The minimum absolute atomic E-state index is 0.0568. The lowest BCUT2D eigenvalue weighted by Gasteiger charge is -2.12. The Morgan fingerprint density at radius 1 is 0.900 bits per heavy atom. The van der Waals surface area contributed by atoms with Crippen LogP contribution in [0.5, 0.6) is 0 Å². The predicted molar refractivity (Wildman–Crippen MR) is 118 cm³/mol. The summed E-state index contributed by atoms with van der Waals surface area (Å²) in [6.45, 7) is 9.72. The van der Waals surface area contributed by atoms with Crippen molar-refractivity contribution in [3.05, 3.63) is 65.7 Å². The van der Waals surface area contributed by atoms with E-state index in [1.807, 2.05) is 39.0 Å². The van der Waals surface area contributed by atoms with E-state index < -0.39 is 5.91 Å². The van der Waals surface area contributed by atoms with Crippen molar-refractivity contribution in [1.82, 2.24) is 14.8 Å². The Labute approximate surface area is 176 Å². The molecule has 0 saturated carbocycles. The molecule has 0 aliphatic rings. The molecule has 2 N–H and O–H groups in total. The summed E-state index contributed by atoms with van der Waals surface area (Å²) in [6.07, 6.45) is 0. The molecule has 2 aromatic carbocycles. The molecule has 0 fully saturated rings. The lowest BCUT2D eigenvalue weighted by molar-refractivity contribution is -0.118. The number of benzene rings is 2. The number of carbonyl (C=O) groups excluding carboxylic acids is 2. The van der Waals surface area contributed by atoms with E-state index in [9.17, 15) is 9.59 Å². The fraction of sp³-hybridized carbons (Fsp3) is 0.304. The molecule has 0 saturated heterocycles.